The minimum absolute atomic E-state index is 0.357. The molecule has 1 aromatic rings. The van der Waals surface area contributed by atoms with Crippen molar-refractivity contribution in [2.75, 3.05) is 0 Å². The van der Waals surface area contributed by atoms with E-state index in [1.807, 2.05) is 16.9 Å². The van der Waals surface area contributed by atoms with Crippen LogP contribution in [0.3, 0.4) is 0 Å². The molecule has 0 unspecified atom stereocenters. The van der Waals surface area contributed by atoms with Crippen LogP contribution in [0.25, 0.3) is 0 Å². The van der Waals surface area contributed by atoms with Gasteiger partial charge >= 0.3 is 0 Å². The van der Waals surface area contributed by atoms with E-state index in [2.05, 4.69) is 18.9 Å². The first-order chi connectivity index (χ1) is 10.2. The molecular weight excluding hydrogens is 260 g/mol. The number of rotatable bonds is 8. The Labute approximate surface area is 129 Å². The number of carbonyl (C=O) groups is 1. The summed E-state index contributed by atoms with van der Waals surface area (Å²) in [5.41, 5.74) is 0.940. The molecule has 1 aliphatic carbocycles. The van der Waals surface area contributed by atoms with E-state index in [1.54, 1.807) is 0 Å². The molecule has 1 saturated carbocycles. The van der Waals surface area contributed by atoms with E-state index in [0.29, 0.717) is 18.2 Å². The van der Waals surface area contributed by atoms with Gasteiger partial charge in [-0.2, -0.15) is 5.10 Å². The summed E-state index contributed by atoms with van der Waals surface area (Å²) >= 11 is 0. The van der Waals surface area contributed by atoms with Gasteiger partial charge < -0.3 is 0 Å². The highest BCUT2D eigenvalue weighted by Crippen LogP contribution is 2.27. The van der Waals surface area contributed by atoms with Crippen LogP contribution in [-0.4, -0.2) is 15.6 Å². The predicted molar refractivity (Wildman–Crippen MR) is 86.4 cm³/mol. The van der Waals surface area contributed by atoms with Gasteiger partial charge in [-0.3, -0.25) is 9.48 Å². The SMILES string of the molecule is CCC(CC)n1ccc(CC(=O)CCC2CCCCC2)n1. The molecule has 0 N–H and O–H groups in total. The number of hydrogen-bond donors (Lipinski definition) is 0. The summed E-state index contributed by atoms with van der Waals surface area (Å²) in [7, 11) is 0. The van der Waals surface area contributed by atoms with Crippen LogP contribution in [0.1, 0.15) is 83.4 Å². The Hall–Kier alpha value is -1.12. The maximum Gasteiger partial charge on any atom is 0.138 e. The third kappa shape index (κ3) is 4.98. The summed E-state index contributed by atoms with van der Waals surface area (Å²) in [6, 6.07) is 2.48. The minimum atomic E-state index is 0.357. The summed E-state index contributed by atoms with van der Waals surface area (Å²) in [6.45, 7) is 4.37. The molecule has 0 spiro atoms. The van der Waals surface area contributed by atoms with Gasteiger partial charge in [0.1, 0.15) is 5.78 Å². The second kappa shape index (κ2) is 8.35. The monoisotopic (exact) mass is 290 g/mol. The summed E-state index contributed by atoms with van der Waals surface area (Å²) in [5.74, 6) is 1.15. The molecule has 0 amide bonds. The fourth-order valence-electron chi connectivity index (χ4n) is 3.47. The molecule has 0 atom stereocenters. The van der Waals surface area contributed by atoms with Crippen molar-refractivity contribution >= 4 is 5.78 Å². The normalized spacial score (nSPS) is 16.5. The topological polar surface area (TPSA) is 34.9 Å². The third-order valence-electron chi connectivity index (χ3n) is 4.91. The maximum atomic E-state index is 12.1. The minimum Gasteiger partial charge on any atom is -0.299 e. The molecule has 0 radical (unpaired) electrons. The van der Waals surface area contributed by atoms with E-state index in [9.17, 15) is 4.79 Å². The van der Waals surface area contributed by atoms with Crippen LogP contribution in [0.15, 0.2) is 12.3 Å². The number of ketones is 1. The molecule has 1 aliphatic rings. The average Bonchev–Trinajstić information content (AvgIpc) is 2.96. The molecule has 0 saturated heterocycles. The summed E-state index contributed by atoms with van der Waals surface area (Å²) in [6.07, 6.45) is 13.3. The van der Waals surface area contributed by atoms with Gasteiger partial charge in [-0.25, -0.2) is 0 Å². The zero-order valence-electron chi connectivity index (χ0n) is 13.7. The Bertz CT molecular complexity index is 428. The lowest BCUT2D eigenvalue weighted by Gasteiger charge is -2.20. The van der Waals surface area contributed by atoms with E-state index >= 15 is 0 Å². The first-order valence-electron chi connectivity index (χ1n) is 8.78. The Kier molecular flexibility index (Phi) is 6.47. The largest absolute Gasteiger partial charge is 0.299 e. The average molecular weight is 290 g/mol. The van der Waals surface area contributed by atoms with Crippen molar-refractivity contribution in [1.29, 1.82) is 0 Å². The molecule has 1 heterocycles. The summed E-state index contributed by atoms with van der Waals surface area (Å²) < 4.78 is 2.03. The van der Waals surface area contributed by atoms with Crippen molar-refractivity contribution < 1.29 is 4.79 Å². The molecule has 3 heteroatoms. The Balaban J connectivity index is 1.77. The van der Waals surface area contributed by atoms with Crippen LogP contribution in [0, 0.1) is 5.92 Å². The van der Waals surface area contributed by atoms with E-state index < -0.39 is 0 Å². The van der Waals surface area contributed by atoms with Crippen LogP contribution < -0.4 is 0 Å². The molecule has 1 aromatic heterocycles. The van der Waals surface area contributed by atoms with Crippen LogP contribution in [0.2, 0.25) is 0 Å². The molecule has 0 aliphatic heterocycles. The molecule has 1 fully saturated rings. The first kappa shape index (κ1) is 16.3. The number of Topliss-reactive ketones (excluding diaryl/α,β-unsaturated/α-hetero) is 1. The van der Waals surface area contributed by atoms with E-state index in [0.717, 1.165) is 37.3 Å². The Morgan fingerprint density at radius 3 is 2.67 bits per heavy atom. The van der Waals surface area contributed by atoms with Crippen molar-refractivity contribution in [2.24, 2.45) is 5.92 Å². The second-order valence-electron chi connectivity index (χ2n) is 6.52. The zero-order chi connectivity index (χ0) is 15.1. The molecule has 0 bridgehead atoms. The summed E-state index contributed by atoms with van der Waals surface area (Å²) in [5, 5.41) is 4.58. The molecule has 0 aromatic carbocycles. The van der Waals surface area contributed by atoms with Crippen LogP contribution in [-0.2, 0) is 11.2 Å². The Morgan fingerprint density at radius 2 is 2.00 bits per heavy atom. The van der Waals surface area contributed by atoms with Crippen molar-refractivity contribution in [1.82, 2.24) is 9.78 Å². The number of aromatic nitrogens is 2. The molecule has 3 nitrogen and oxygen atoms in total. The highest BCUT2D eigenvalue weighted by molar-refractivity contribution is 5.80. The predicted octanol–water partition coefficient (Wildman–Crippen LogP) is 4.72. The second-order valence-corrected chi connectivity index (χ2v) is 6.52. The van der Waals surface area contributed by atoms with Crippen molar-refractivity contribution in [3.8, 4) is 0 Å². The van der Waals surface area contributed by atoms with Gasteiger partial charge in [0.2, 0.25) is 0 Å². The number of hydrogen-bond acceptors (Lipinski definition) is 2. The van der Waals surface area contributed by atoms with Gasteiger partial charge in [0.25, 0.3) is 0 Å². The zero-order valence-corrected chi connectivity index (χ0v) is 13.7. The van der Waals surface area contributed by atoms with Crippen molar-refractivity contribution in [3.05, 3.63) is 18.0 Å². The number of carbonyl (C=O) groups excluding carboxylic acids is 1. The van der Waals surface area contributed by atoms with Gasteiger partial charge in [0.15, 0.2) is 0 Å². The fourth-order valence-corrected chi connectivity index (χ4v) is 3.47. The highest BCUT2D eigenvalue weighted by Gasteiger charge is 2.16. The summed E-state index contributed by atoms with van der Waals surface area (Å²) in [4.78, 5) is 12.1. The molecule has 118 valence electrons. The lowest BCUT2D eigenvalue weighted by molar-refractivity contribution is -0.118. The van der Waals surface area contributed by atoms with Gasteiger partial charge in [0, 0.05) is 12.6 Å². The van der Waals surface area contributed by atoms with Crippen LogP contribution >= 0.6 is 0 Å². The van der Waals surface area contributed by atoms with Gasteiger partial charge in [-0.05, 0) is 31.2 Å². The van der Waals surface area contributed by atoms with Gasteiger partial charge in [-0.15, -0.1) is 0 Å². The smallest absolute Gasteiger partial charge is 0.138 e. The Morgan fingerprint density at radius 1 is 1.29 bits per heavy atom. The van der Waals surface area contributed by atoms with Gasteiger partial charge in [-0.1, -0.05) is 46.0 Å². The highest BCUT2D eigenvalue weighted by atomic mass is 16.1. The van der Waals surface area contributed by atoms with Crippen LogP contribution in [0.4, 0.5) is 0 Å². The van der Waals surface area contributed by atoms with E-state index in [4.69, 9.17) is 0 Å². The number of nitrogens with zero attached hydrogens (tertiary/aromatic N) is 2. The third-order valence-corrected chi connectivity index (χ3v) is 4.91. The fraction of sp³-hybridized carbons (Fsp3) is 0.778. The van der Waals surface area contributed by atoms with E-state index in [-0.39, 0.29) is 0 Å². The lowest BCUT2D eigenvalue weighted by Crippen LogP contribution is -2.11. The van der Waals surface area contributed by atoms with E-state index in [1.165, 1.54) is 32.1 Å². The molecule has 2 rings (SSSR count). The standard InChI is InChI=1S/C18H30N2O/c1-3-17(4-2)20-13-12-16(19-20)14-18(21)11-10-15-8-6-5-7-9-15/h12-13,15,17H,3-11,14H2,1-2H3. The van der Waals surface area contributed by atoms with Crippen molar-refractivity contribution in [3.63, 3.8) is 0 Å². The quantitative estimate of drug-likeness (QED) is 0.694. The van der Waals surface area contributed by atoms with Crippen molar-refractivity contribution in [2.45, 2.75) is 84.1 Å². The van der Waals surface area contributed by atoms with Gasteiger partial charge in [0.05, 0.1) is 18.2 Å². The molecule has 21 heavy (non-hydrogen) atoms. The first-order valence-corrected chi connectivity index (χ1v) is 8.78. The van der Waals surface area contributed by atoms with Crippen LogP contribution in [0.5, 0.6) is 0 Å². The molecular formula is C18H30N2O. The lowest BCUT2D eigenvalue weighted by atomic mass is 9.85. The maximum absolute atomic E-state index is 12.1.